The molecule has 1 aliphatic heterocycles. The van der Waals surface area contributed by atoms with Gasteiger partial charge in [-0.3, -0.25) is 0 Å². The van der Waals surface area contributed by atoms with E-state index in [1.165, 1.54) is 0 Å². The van der Waals surface area contributed by atoms with E-state index < -0.39 is 0 Å². The highest BCUT2D eigenvalue weighted by atomic mass is 16.3. The minimum absolute atomic E-state index is 0.667. The van der Waals surface area contributed by atoms with E-state index in [2.05, 4.69) is 20.2 Å². The molecule has 1 N–H and O–H groups in total. The third-order valence-corrected chi connectivity index (χ3v) is 2.79. The van der Waals surface area contributed by atoms with Crippen molar-refractivity contribution >= 4 is 17.0 Å². The molecule has 0 aromatic carbocycles. The number of fused-ring (bicyclic) bond motifs is 1. The molecule has 0 radical (unpaired) electrons. The van der Waals surface area contributed by atoms with Gasteiger partial charge in [-0.25, -0.2) is 4.98 Å². The SMILES string of the molecule is Cc1nc2nc(N3CCNCC3)ccc2o1. The van der Waals surface area contributed by atoms with Crippen LogP contribution in [0.15, 0.2) is 16.5 Å². The summed E-state index contributed by atoms with van der Waals surface area (Å²) in [5.74, 6) is 1.65. The maximum atomic E-state index is 5.41. The van der Waals surface area contributed by atoms with Crippen LogP contribution in [-0.2, 0) is 0 Å². The van der Waals surface area contributed by atoms with Gasteiger partial charge in [-0.15, -0.1) is 0 Å². The average molecular weight is 218 g/mol. The predicted molar refractivity (Wildman–Crippen MR) is 61.6 cm³/mol. The lowest BCUT2D eigenvalue weighted by Crippen LogP contribution is -2.43. The molecular formula is C11H14N4O. The molecule has 0 bridgehead atoms. The van der Waals surface area contributed by atoms with Gasteiger partial charge in [0.15, 0.2) is 11.5 Å². The fourth-order valence-electron chi connectivity index (χ4n) is 1.99. The maximum absolute atomic E-state index is 5.41. The third kappa shape index (κ3) is 1.63. The number of nitrogens with zero attached hydrogens (tertiary/aromatic N) is 3. The first kappa shape index (κ1) is 9.59. The average Bonchev–Trinajstić information content (AvgIpc) is 2.69. The first-order chi connectivity index (χ1) is 7.83. The van der Waals surface area contributed by atoms with E-state index >= 15 is 0 Å². The van der Waals surface area contributed by atoms with Gasteiger partial charge in [0.1, 0.15) is 5.82 Å². The van der Waals surface area contributed by atoms with Gasteiger partial charge in [-0.05, 0) is 12.1 Å². The maximum Gasteiger partial charge on any atom is 0.200 e. The summed E-state index contributed by atoms with van der Waals surface area (Å²) in [6, 6.07) is 3.94. The second-order valence-electron chi connectivity index (χ2n) is 3.96. The van der Waals surface area contributed by atoms with Gasteiger partial charge in [-0.1, -0.05) is 0 Å². The fraction of sp³-hybridized carbons (Fsp3) is 0.455. The van der Waals surface area contributed by atoms with E-state index in [9.17, 15) is 0 Å². The quantitative estimate of drug-likeness (QED) is 0.772. The summed E-state index contributed by atoms with van der Waals surface area (Å²) in [4.78, 5) is 11.0. The Bertz CT molecular complexity index is 502. The van der Waals surface area contributed by atoms with Crippen molar-refractivity contribution in [2.24, 2.45) is 0 Å². The van der Waals surface area contributed by atoms with Crippen molar-refractivity contribution in [1.29, 1.82) is 0 Å². The lowest BCUT2D eigenvalue weighted by atomic mass is 10.3. The first-order valence-electron chi connectivity index (χ1n) is 5.53. The Hall–Kier alpha value is -1.62. The molecule has 16 heavy (non-hydrogen) atoms. The van der Waals surface area contributed by atoms with Crippen LogP contribution in [0.1, 0.15) is 5.89 Å². The molecule has 84 valence electrons. The van der Waals surface area contributed by atoms with Crippen molar-refractivity contribution < 1.29 is 4.42 Å². The van der Waals surface area contributed by atoms with Gasteiger partial charge >= 0.3 is 0 Å². The molecule has 0 saturated carbocycles. The Morgan fingerprint density at radius 2 is 2.06 bits per heavy atom. The smallest absolute Gasteiger partial charge is 0.200 e. The number of aromatic nitrogens is 2. The first-order valence-corrected chi connectivity index (χ1v) is 5.53. The Kier molecular flexibility index (Phi) is 2.25. The van der Waals surface area contributed by atoms with Gasteiger partial charge in [0.2, 0.25) is 5.65 Å². The summed E-state index contributed by atoms with van der Waals surface area (Å²) >= 11 is 0. The molecule has 2 aromatic rings. The molecule has 2 aromatic heterocycles. The van der Waals surface area contributed by atoms with E-state index in [4.69, 9.17) is 4.42 Å². The highest BCUT2D eigenvalue weighted by molar-refractivity contribution is 5.70. The Labute approximate surface area is 93.5 Å². The predicted octanol–water partition coefficient (Wildman–Crippen LogP) is 0.941. The fourth-order valence-corrected chi connectivity index (χ4v) is 1.99. The van der Waals surface area contributed by atoms with Crippen LogP contribution in [-0.4, -0.2) is 36.1 Å². The molecule has 0 atom stereocenters. The number of nitrogens with one attached hydrogen (secondary N) is 1. The number of oxazole rings is 1. The van der Waals surface area contributed by atoms with Gasteiger partial charge in [-0.2, -0.15) is 4.98 Å². The lowest BCUT2D eigenvalue weighted by Gasteiger charge is -2.28. The molecule has 1 fully saturated rings. The third-order valence-electron chi connectivity index (χ3n) is 2.79. The van der Waals surface area contributed by atoms with E-state index in [0.29, 0.717) is 11.5 Å². The van der Waals surface area contributed by atoms with Crippen LogP contribution in [0.5, 0.6) is 0 Å². The standard InChI is InChI=1S/C11H14N4O/c1-8-13-11-9(16-8)2-3-10(14-11)15-6-4-12-5-7-15/h2-3,12H,4-7H2,1H3. The molecule has 1 aliphatic rings. The molecule has 3 rings (SSSR count). The van der Waals surface area contributed by atoms with Crippen molar-refractivity contribution in [3.8, 4) is 0 Å². The van der Waals surface area contributed by atoms with Gasteiger partial charge < -0.3 is 14.6 Å². The zero-order valence-corrected chi connectivity index (χ0v) is 9.23. The van der Waals surface area contributed by atoms with Gasteiger partial charge in [0.25, 0.3) is 0 Å². The molecule has 5 nitrogen and oxygen atoms in total. The normalized spacial score (nSPS) is 16.9. The molecular weight excluding hydrogens is 204 g/mol. The van der Waals surface area contributed by atoms with Crippen LogP contribution >= 0.6 is 0 Å². The summed E-state index contributed by atoms with van der Waals surface area (Å²) in [5.41, 5.74) is 1.46. The summed E-state index contributed by atoms with van der Waals surface area (Å²) in [6.07, 6.45) is 0. The summed E-state index contributed by atoms with van der Waals surface area (Å²) in [7, 11) is 0. The Morgan fingerprint density at radius 1 is 1.25 bits per heavy atom. The number of aryl methyl sites for hydroxylation is 1. The van der Waals surface area contributed by atoms with Gasteiger partial charge in [0.05, 0.1) is 0 Å². The topological polar surface area (TPSA) is 54.2 Å². The Morgan fingerprint density at radius 3 is 2.88 bits per heavy atom. The molecule has 0 unspecified atom stereocenters. The van der Waals surface area contributed by atoms with Crippen molar-refractivity contribution in [1.82, 2.24) is 15.3 Å². The number of rotatable bonds is 1. The van der Waals surface area contributed by atoms with Crippen molar-refractivity contribution in [2.75, 3.05) is 31.1 Å². The molecule has 0 spiro atoms. The molecule has 1 saturated heterocycles. The number of piperazine rings is 1. The summed E-state index contributed by atoms with van der Waals surface area (Å²) in [5, 5.41) is 3.32. The second kappa shape index (κ2) is 3.75. The van der Waals surface area contributed by atoms with E-state index in [1.807, 2.05) is 19.1 Å². The number of hydrogen-bond donors (Lipinski definition) is 1. The van der Waals surface area contributed by atoms with E-state index in [0.717, 1.165) is 37.6 Å². The minimum Gasteiger partial charge on any atom is -0.439 e. The van der Waals surface area contributed by atoms with Crippen molar-refractivity contribution in [2.45, 2.75) is 6.92 Å². The molecule has 5 heteroatoms. The highest BCUT2D eigenvalue weighted by Gasteiger charge is 2.13. The van der Waals surface area contributed by atoms with Crippen molar-refractivity contribution in [3.05, 3.63) is 18.0 Å². The molecule has 3 heterocycles. The molecule has 0 aliphatic carbocycles. The van der Waals surface area contributed by atoms with Crippen LogP contribution in [0.25, 0.3) is 11.2 Å². The van der Waals surface area contributed by atoms with Crippen LogP contribution in [0, 0.1) is 6.92 Å². The van der Waals surface area contributed by atoms with Crippen LogP contribution in [0.2, 0.25) is 0 Å². The highest BCUT2D eigenvalue weighted by Crippen LogP contribution is 2.18. The van der Waals surface area contributed by atoms with Crippen LogP contribution in [0.3, 0.4) is 0 Å². The van der Waals surface area contributed by atoms with E-state index in [1.54, 1.807) is 0 Å². The van der Waals surface area contributed by atoms with Gasteiger partial charge in [0, 0.05) is 33.1 Å². The second-order valence-corrected chi connectivity index (χ2v) is 3.96. The lowest BCUT2D eigenvalue weighted by molar-refractivity contribution is 0.561. The van der Waals surface area contributed by atoms with Crippen LogP contribution in [0.4, 0.5) is 5.82 Å². The molecule has 0 amide bonds. The number of hydrogen-bond acceptors (Lipinski definition) is 5. The monoisotopic (exact) mass is 218 g/mol. The summed E-state index contributed by atoms with van der Waals surface area (Å²) in [6.45, 7) is 5.85. The van der Waals surface area contributed by atoms with E-state index in [-0.39, 0.29) is 0 Å². The van der Waals surface area contributed by atoms with Crippen LogP contribution < -0.4 is 10.2 Å². The minimum atomic E-state index is 0.667. The zero-order valence-electron chi connectivity index (χ0n) is 9.23. The summed E-state index contributed by atoms with van der Waals surface area (Å²) < 4.78 is 5.41. The Balaban J connectivity index is 1.97. The zero-order chi connectivity index (χ0) is 11.0. The number of pyridine rings is 1. The number of anilines is 1. The van der Waals surface area contributed by atoms with Crippen molar-refractivity contribution in [3.63, 3.8) is 0 Å². The largest absolute Gasteiger partial charge is 0.439 e.